The van der Waals surface area contributed by atoms with E-state index in [1.807, 2.05) is 0 Å². The summed E-state index contributed by atoms with van der Waals surface area (Å²) in [6.07, 6.45) is 4.44. The first kappa shape index (κ1) is 18.4. The Kier molecular flexibility index (Phi) is 3.92. The van der Waals surface area contributed by atoms with Crippen LogP contribution < -0.4 is 4.57 Å². The van der Waals surface area contributed by atoms with E-state index in [-0.39, 0.29) is 0 Å². The molecule has 2 aromatic heterocycles. The average Bonchev–Trinajstić information content (AvgIpc) is 3.43. The van der Waals surface area contributed by atoms with Crippen LogP contribution in [-0.4, -0.2) is 4.57 Å². The molecule has 3 heteroatoms. The summed E-state index contributed by atoms with van der Waals surface area (Å²) in [6, 6.07) is 19.5. The standard InChI is InChI=1S/C28H27N2O/c1-17(2)22-15-23-21-11-7-8-12-24(21)31-27(23)25(18(3)4)26(22)30-14-13-29-16-19-9-5-6-10-20(19)28(29)30/h5-15,17-18H,16H2,1-4H3/q+1. The maximum Gasteiger partial charge on any atom is 0.294 e. The molecule has 0 atom stereocenters. The first-order chi connectivity index (χ1) is 15.0. The van der Waals surface area contributed by atoms with Gasteiger partial charge in [0, 0.05) is 27.5 Å². The highest BCUT2D eigenvalue weighted by atomic mass is 16.3. The smallest absolute Gasteiger partial charge is 0.294 e. The SMILES string of the molecule is CC(C)c1cc2c(oc3ccccc32)c(C(C)C)c1-n1cc[n+]2c1-c1ccccc1C2. The molecule has 3 aromatic carbocycles. The van der Waals surface area contributed by atoms with E-state index in [4.69, 9.17) is 4.42 Å². The highest BCUT2D eigenvalue weighted by Crippen LogP contribution is 2.43. The van der Waals surface area contributed by atoms with Gasteiger partial charge in [0.05, 0.1) is 5.56 Å². The molecular weight excluding hydrogens is 380 g/mol. The molecule has 0 unspecified atom stereocenters. The van der Waals surface area contributed by atoms with Crippen LogP contribution in [0, 0.1) is 0 Å². The zero-order chi connectivity index (χ0) is 21.3. The summed E-state index contributed by atoms with van der Waals surface area (Å²) >= 11 is 0. The van der Waals surface area contributed by atoms with Gasteiger partial charge in [-0.05, 0) is 30.0 Å². The van der Waals surface area contributed by atoms with Gasteiger partial charge < -0.3 is 4.42 Å². The van der Waals surface area contributed by atoms with Crippen LogP contribution >= 0.6 is 0 Å². The molecule has 0 fully saturated rings. The summed E-state index contributed by atoms with van der Waals surface area (Å²) in [4.78, 5) is 0. The van der Waals surface area contributed by atoms with Gasteiger partial charge >= 0.3 is 0 Å². The van der Waals surface area contributed by atoms with Crippen LogP contribution in [0.1, 0.15) is 56.2 Å². The van der Waals surface area contributed by atoms with Crippen molar-refractivity contribution in [2.24, 2.45) is 0 Å². The maximum atomic E-state index is 6.49. The maximum absolute atomic E-state index is 6.49. The number of nitrogens with zero attached hydrogens (tertiary/aromatic N) is 2. The molecule has 0 N–H and O–H groups in total. The fourth-order valence-electron chi connectivity index (χ4n) is 5.22. The van der Waals surface area contributed by atoms with Crippen LogP contribution in [-0.2, 0) is 6.54 Å². The molecule has 0 saturated heterocycles. The third-order valence-corrected chi connectivity index (χ3v) is 6.64. The Bertz CT molecular complexity index is 1470. The number of hydrogen-bond donors (Lipinski definition) is 0. The van der Waals surface area contributed by atoms with Gasteiger partial charge in [0.2, 0.25) is 0 Å². The third-order valence-electron chi connectivity index (χ3n) is 6.64. The Hall–Kier alpha value is -3.33. The minimum atomic E-state index is 0.330. The first-order valence-electron chi connectivity index (χ1n) is 11.2. The molecule has 31 heavy (non-hydrogen) atoms. The lowest BCUT2D eigenvalue weighted by atomic mass is 9.89. The van der Waals surface area contributed by atoms with Gasteiger partial charge in [0.1, 0.15) is 35.8 Å². The van der Waals surface area contributed by atoms with Crippen molar-refractivity contribution in [1.82, 2.24) is 4.57 Å². The van der Waals surface area contributed by atoms with Gasteiger partial charge in [0.15, 0.2) is 0 Å². The second kappa shape index (κ2) is 6.58. The fourth-order valence-corrected chi connectivity index (χ4v) is 5.22. The molecule has 1 aliphatic heterocycles. The molecule has 0 spiro atoms. The highest BCUT2D eigenvalue weighted by molar-refractivity contribution is 6.07. The molecule has 0 aliphatic carbocycles. The van der Waals surface area contributed by atoms with Crippen LogP contribution in [0.5, 0.6) is 0 Å². The average molecular weight is 408 g/mol. The van der Waals surface area contributed by atoms with Crippen LogP contribution in [0.4, 0.5) is 0 Å². The molecule has 3 nitrogen and oxygen atoms in total. The van der Waals surface area contributed by atoms with Crippen molar-refractivity contribution in [3.8, 4) is 17.1 Å². The van der Waals surface area contributed by atoms with Gasteiger partial charge in [-0.15, -0.1) is 0 Å². The van der Waals surface area contributed by atoms with E-state index >= 15 is 0 Å². The summed E-state index contributed by atoms with van der Waals surface area (Å²) in [5.74, 6) is 1.98. The molecule has 3 heterocycles. The quantitative estimate of drug-likeness (QED) is 0.291. The number of aromatic nitrogens is 2. The predicted octanol–water partition coefficient (Wildman–Crippen LogP) is 6.94. The highest BCUT2D eigenvalue weighted by Gasteiger charge is 2.34. The number of fused-ring (bicyclic) bond motifs is 6. The second-order valence-corrected chi connectivity index (χ2v) is 9.29. The van der Waals surface area contributed by atoms with Crippen molar-refractivity contribution >= 4 is 21.9 Å². The number of benzene rings is 3. The summed E-state index contributed by atoms with van der Waals surface area (Å²) in [6.45, 7) is 10.1. The van der Waals surface area contributed by atoms with E-state index in [9.17, 15) is 0 Å². The van der Waals surface area contributed by atoms with Gasteiger partial charge in [-0.2, -0.15) is 4.57 Å². The molecule has 0 amide bonds. The molecule has 1 aliphatic rings. The van der Waals surface area contributed by atoms with Gasteiger partial charge in [-0.3, -0.25) is 0 Å². The molecule has 0 bridgehead atoms. The predicted molar refractivity (Wildman–Crippen MR) is 126 cm³/mol. The zero-order valence-electron chi connectivity index (χ0n) is 18.5. The Labute approximate surface area is 182 Å². The summed E-state index contributed by atoms with van der Waals surface area (Å²) in [5, 5.41) is 2.42. The van der Waals surface area contributed by atoms with E-state index in [0.717, 1.165) is 17.7 Å². The molecule has 5 aromatic rings. The van der Waals surface area contributed by atoms with E-state index < -0.39 is 0 Å². The Morgan fingerprint density at radius 1 is 0.903 bits per heavy atom. The molecule has 6 rings (SSSR count). The normalized spacial score (nSPS) is 13.0. The van der Waals surface area contributed by atoms with E-state index in [1.165, 1.54) is 44.5 Å². The van der Waals surface area contributed by atoms with Crippen molar-refractivity contribution < 1.29 is 8.98 Å². The zero-order valence-corrected chi connectivity index (χ0v) is 18.5. The fraction of sp³-hybridized carbons (Fsp3) is 0.250. The van der Waals surface area contributed by atoms with Crippen molar-refractivity contribution in [1.29, 1.82) is 0 Å². The Morgan fingerprint density at radius 3 is 2.48 bits per heavy atom. The molecule has 154 valence electrons. The number of para-hydroxylation sites is 1. The minimum absolute atomic E-state index is 0.330. The van der Waals surface area contributed by atoms with Crippen LogP contribution in [0.3, 0.4) is 0 Å². The van der Waals surface area contributed by atoms with Gasteiger partial charge in [-0.1, -0.05) is 64.1 Å². The largest absolute Gasteiger partial charge is 0.456 e. The second-order valence-electron chi connectivity index (χ2n) is 9.29. The van der Waals surface area contributed by atoms with E-state index in [2.05, 4.69) is 104 Å². The molecular formula is C28H27N2O+. The van der Waals surface area contributed by atoms with Crippen molar-refractivity contribution in [2.45, 2.75) is 46.1 Å². The van der Waals surface area contributed by atoms with E-state index in [0.29, 0.717) is 11.8 Å². The summed E-state index contributed by atoms with van der Waals surface area (Å²) < 4.78 is 11.3. The van der Waals surface area contributed by atoms with Crippen LogP contribution in [0.15, 0.2) is 71.4 Å². The Morgan fingerprint density at radius 2 is 1.68 bits per heavy atom. The number of rotatable bonds is 3. The summed E-state index contributed by atoms with van der Waals surface area (Å²) in [5.41, 5.74) is 8.63. The van der Waals surface area contributed by atoms with Crippen LogP contribution in [0.25, 0.3) is 39.0 Å². The number of hydrogen-bond acceptors (Lipinski definition) is 1. The lowest BCUT2D eigenvalue weighted by Crippen LogP contribution is -2.30. The molecule has 0 radical (unpaired) electrons. The lowest BCUT2D eigenvalue weighted by molar-refractivity contribution is -0.671. The van der Waals surface area contributed by atoms with Crippen molar-refractivity contribution in [2.75, 3.05) is 0 Å². The van der Waals surface area contributed by atoms with Gasteiger partial charge in [0.25, 0.3) is 5.82 Å². The lowest BCUT2D eigenvalue weighted by Gasteiger charge is -2.18. The van der Waals surface area contributed by atoms with Crippen molar-refractivity contribution in [3.63, 3.8) is 0 Å². The monoisotopic (exact) mass is 407 g/mol. The first-order valence-corrected chi connectivity index (χ1v) is 11.2. The van der Waals surface area contributed by atoms with E-state index in [1.54, 1.807) is 0 Å². The topological polar surface area (TPSA) is 21.9 Å². The van der Waals surface area contributed by atoms with Crippen molar-refractivity contribution in [3.05, 3.63) is 83.7 Å². The molecule has 0 saturated carbocycles. The number of furan rings is 1. The third kappa shape index (κ3) is 2.56. The summed E-state index contributed by atoms with van der Waals surface area (Å²) in [7, 11) is 0. The number of imidazole rings is 1. The van der Waals surface area contributed by atoms with Gasteiger partial charge in [-0.25, -0.2) is 4.57 Å². The van der Waals surface area contributed by atoms with Crippen LogP contribution in [0.2, 0.25) is 0 Å². The Balaban J connectivity index is 1.75. The minimum Gasteiger partial charge on any atom is -0.456 e.